The molecule has 0 aromatic heterocycles. The molecule has 0 aliphatic carbocycles. The molecule has 0 bridgehead atoms. The number of benzene rings is 1. The maximum atomic E-state index is 5.63. The first-order chi connectivity index (χ1) is 10.9. The number of ether oxygens (including phenoxy) is 2. The smallest absolute Gasteiger partial charge is 0.147 e. The summed E-state index contributed by atoms with van der Waals surface area (Å²) in [7, 11) is 0. The molecule has 6 heteroatoms. The van der Waals surface area contributed by atoms with Crippen molar-refractivity contribution in [2.24, 2.45) is 0 Å². The van der Waals surface area contributed by atoms with Crippen LogP contribution in [0.3, 0.4) is 0 Å². The van der Waals surface area contributed by atoms with E-state index in [1.165, 1.54) is 5.56 Å². The molecule has 2 rings (SSSR count). The van der Waals surface area contributed by atoms with Crippen molar-refractivity contribution < 1.29 is 9.47 Å². The standard InChI is InChI=1S/C17H26Br2N2O2/c1-4-23-16-14(18)9-13(10-15(16)19)11-20-12-17(2,3)21-5-7-22-8-6-21/h9-10,20H,4-8,11-12H2,1-3H3. The van der Waals surface area contributed by atoms with E-state index in [2.05, 4.69) is 68.1 Å². The average molecular weight is 450 g/mol. The zero-order valence-corrected chi connectivity index (χ0v) is 17.3. The Hall–Kier alpha value is -0.140. The number of nitrogens with zero attached hydrogens (tertiary/aromatic N) is 1. The zero-order valence-electron chi connectivity index (χ0n) is 14.1. The first-order valence-corrected chi connectivity index (χ1v) is 9.67. The second kappa shape index (κ2) is 8.81. The molecule has 1 fully saturated rings. The lowest BCUT2D eigenvalue weighted by Gasteiger charge is -2.41. The van der Waals surface area contributed by atoms with E-state index in [4.69, 9.17) is 9.47 Å². The molecule has 0 spiro atoms. The van der Waals surface area contributed by atoms with Crippen LogP contribution in [0.15, 0.2) is 21.1 Å². The van der Waals surface area contributed by atoms with Crippen molar-refractivity contribution in [3.63, 3.8) is 0 Å². The fourth-order valence-corrected chi connectivity index (χ4v) is 4.30. The predicted octanol–water partition coefficient (Wildman–Crippen LogP) is 3.81. The summed E-state index contributed by atoms with van der Waals surface area (Å²) in [4.78, 5) is 2.49. The van der Waals surface area contributed by atoms with Crippen LogP contribution in [0.5, 0.6) is 5.75 Å². The largest absolute Gasteiger partial charge is 0.492 e. The molecule has 0 atom stereocenters. The van der Waals surface area contributed by atoms with Crippen LogP contribution in [0.25, 0.3) is 0 Å². The summed E-state index contributed by atoms with van der Waals surface area (Å²) in [5.74, 6) is 0.866. The first-order valence-electron chi connectivity index (χ1n) is 8.08. The van der Waals surface area contributed by atoms with Crippen molar-refractivity contribution in [3.8, 4) is 5.75 Å². The molecule has 1 aliphatic rings. The first kappa shape index (κ1) is 19.2. The fraction of sp³-hybridized carbons (Fsp3) is 0.647. The predicted molar refractivity (Wildman–Crippen MR) is 101 cm³/mol. The Kier molecular flexibility index (Phi) is 7.35. The maximum Gasteiger partial charge on any atom is 0.147 e. The number of morpholine rings is 1. The van der Waals surface area contributed by atoms with E-state index >= 15 is 0 Å². The zero-order chi connectivity index (χ0) is 16.9. The summed E-state index contributed by atoms with van der Waals surface area (Å²) >= 11 is 7.18. The summed E-state index contributed by atoms with van der Waals surface area (Å²) in [5, 5.41) is 3.58. The van der Waals surface area contributed by atoms with Gasteiger partial charge in [-0.1, -0.05) is 0 Å². The lowest BCUT2D eigenvalue weighted by Crippen LogP contribution is -2.54. The van der Waals surface area contributed by atoms with Crippen LogP contribution in [0, 0.1) is 0 Å². The van der Waals surface area contributed by atoms with Gasteiger partial charge in [-0.25, -0.2) is 0 Å². The van der Waals surface area contributed by atoms with E-state index in [0.717, 1.165) is 54.1 Å². The topological polar surface area (TPSA) is 33.7 Å². The van der Waals surface area contributed by atoms with Gasteiger partial charge in [0.05, 0.1) is 28.8 Å². The molecule has 1 heterocycles. The van der Waals surface area contributed by atoms with Gasteiger partial charge in [0.2, 0.25) is 0 Å². The van der Waals surface area contributed by atoms with E-state index < -0.39 is 0 Å². The van der Waals surface area contributed by atoms with Crippen LogP contribution in [-0.2, 0) is 11.3 Å². The van der Waals surface area contributed by atoms with Crippen LogP contribution in [0.4, 0.5) is 0 Å². The number of rotatable bonds is 7. The summed E-state index contributed by atoms with van der Waals surface area (Å²) < 4.78 is 13.0. The van der Waals surface area contributed by atoms with Gasteiger partial charge >= 0.3 is 0 Å². The summed E-state index contributed by atoms with van der Waals surface area (Å²) in [6, 6.07) is 4.23. The SMILES string of the molecule is CCOc1c(Br)cc(CNCC(C)(C)N2CCOCC2)cc1Br. The van der Waals surface area contributed by atoms with Crippen molar-refractivity contribution in [1.82, 2.24) is 10.2 Å². The summed E-state index contributed by atoms with van der Waals surface area (Å²) in [6.07, 6.45) is 0. The Balaban J connectivity index is 1.90. The molecule has 1 aliphatic heterocycles. The molecule has 0 amide bonds. The lowest BCUT2D eigenvalue weighted by molar-refractivity contribution is -0.00966. The third-order valence-electron chi connectivity index (χ3n) is 4.10. The number of nitrogens with one attached hydrogen (secondary N) is 1. The van der Waals surface area contributed by atoms with E-state index in [-0.39, 0.29) is 5.54 Å². The van der Waals surface area contributed by atoms with Crippen LogP contribution < -0.4 is 10.1 Å². The summed E-state index contributed by atoms with van der Waals surface area (Å²) in [5.41, 5.74) is 1.36. The van der Waals surface area contributed by atoms with E-state index in [1.54, 1.807) is 0 Å². The van der Waals surface area contributed by atoms with Crippen LogP contribution >= 0.6 is 31.9 Å². The highest BCUT2D eigenvalue weighted by atomic mass is 79.9. The Morgan fingerprint density at radius 1 is 1.22 bits per heavy atom. The van der Waals surface area contributed by atoms with Crippen molar-refractivity contribution >= 4 is 31.9 Å². The van der Waals surface area contributed by atoms with Crippen molar-refractivity contribution in [2.45, 2.75) is 32.9 Å². The third-order valence-corrected chi connectivity index (χ3v) is 5.28. The Bertz CT molecular complexity index is 494. The molecule has 0 unspecified atom stereocenters. The maximum absolute atomic E-state index is 5.63. The Morgan fingerprint density at radius 2 is 1.83 bits per heavy atom. The van der Waals surface area contributed by atoms with Crippen LogP contribution in [0.2, 0.25) is 0 Å². The quantitative estimate of drug-likeness (QED) is 0.686. The minimum Gasteiger partial charge on any atom is -0.492 e. The van der Waals surface area contributed by atoms with Crippen LogP contribution in [-0.4, -0.2) is 49.9 Å². The van der Waals surface area contributed by atoms with Crippen molar-refractivity contribution in [3.05, 3.63) is 26.6 Å². The van der Waals surface area contributed by atoms with E-state index in [0.29, 0.717) is 6.61 Å². The highest BCUT2D eigenvalue weighted by Crippen LogP contribution is 2.34. The van der Waals surface area contributed by atoms with Crippen LogP contribution in [0.1, 0.15) is 26.3 Å². The number of halogens is 2. The van der Waals surface area contributed by atoms with E-state index in [9.17, 15) is 0 Å². The molecule has 23 heavy (non-hydrogen) atoms. The molecule has 1 aromatic carbocycles. The second-order valence-corrected chi connectivity index (χ2v) is 8.05. The van der Waals surface area contributed by atoms with Gasteiger partial charge in [0.25, 0.3) is 0 Å². The van der Waals surface area contributed by atoms with Crippen molar-refractivity contribution in [1.29, 1.82) is 0 Å². The molecule has 0 radical (unpaired) electrons. The van der Waals surface area contributed by atoms with Gasteiger partial charge in [0.15, 0.2) is 0 Å². The molecule has 0 saturated carbocycles. The minimum absolute atomic E-state index is 0.128. The van der Waals surface area contributed by atoms with Gasteiger partial charge in [0, 0.05) is 31.7 Å². The number of hydrogen-bond acceptors (Lipinski definition) is 4. The van der Waals surface area contributed by atoms with Gasteiger partial charge in [-0.05, 0) is 70.3 Å². The van der Waals surface area contributed by atoms with Crippen molar-refractivity contribution in [2.75, 3.05) is 39.5 Å². The molecule has 130 valence electrons. The third kappa shape index (κ3) is 5.43. The Morgan fingerprint density at radius 3 is 2.39 bits per heavy atom. The van der Waals surface area contributed by atoms with Gasteiger partial charge < -0.3 is 14.8 Å². The van der Waals surface area contributed by atoms with E-state index in [1.807, 2.05) is 6.92 Å². The minimum atomic E-state index is 0.128. The average Bonchev–Trinajstić information content (AvgIpc) is 2.52. The highest BCUT2D eigenvalue weighted by molar-refractivity contribution is 9.11. The Labute approximate surface area is 156 Å². The molecule has 1 saturated heterocycles. The van der Waals surface area contributed by atoms with Gasteiger partial charge in [0.1, 0.15) is 5.75 Å². The van der Waals surface area contributed by atoms with Gasteiger partial charge in [-0.2, -0.15) is 0 Å². The molecule has 1 aromatic rings. The van der Waals surface area contributed by atoms with Gasteiger partial charge in [-0.15, -0.1) is 0 Å². The molecule has 4 nitrogen and oxygen atoms in total. The normalized spacial score (nSPS) is 16.6. The lowest BCUT2D eigenvalue weighted by atomic mass is 10.0. The summed E-state index contributed by atoms with van der Waals surface area (Å²) in [6.45, 7) is 12.7. The molecular weight excluding hydrogens is 424 g/mol. The van der Waals surface area contributed by atoms with Gasteiger partial charge in [-0.3, -0.25) is 4.90 Å². The highest BCUT2D eigenvalue weighted by Gasteiger charge is 2.27. The second-order valence-electron chi connectivity index (χ2n) is 6.34. The monoisotopic (exact) mass is 448 g/mol. The number of hydrogen-bond donors (Lipinski definition) is 1. The fourth-order valence-electron chi connectivity index (χ4n) is 2.79. The molecular formula is C17H26Br2N2O2. The molecule has 1 N–H and O–H groups in total.